The van der Waals surface area contributed by atoms with Crippen LogP contribution in [0.5, 0.6) is 0 Å². The number of hydrogen-bond acceptors (Lipinski definition) is 5. The monoisotopic (exact) mass is 335 g/mol. The molecule has 1 aliphatic heterocycles. The molecule has 0 aromatic carbocycles. The number of sulfonamides is 1. The van der Waals surface area contributed by atoms with Crippen molar-refractivity contribution in [1.82, 2.24) is 24.4 Å². The van der Waals surface area contributed by atoms with Gasteiger partial charge in [-0.25, -0.2) is 13.1 Å². The maximum Gasteiger partial charge on any atom is 0.243 e. The molecule has 23 heavy (non-hydrogen) atoms. The van der Waals surface area contributed by atoms with E-state index in [0.717, 1.165) is 18.5 Å². The van der Waals surface area contributed by atoms with Crippen LogP contribution < -0.4 is 4.72 Å². The van der Waals surface area contributed by atoms with Crippen LogP contribution in [0.25, 0.3) is 0 Å². The van der Waals surface area contributed by atoms with Gasteiger partial charge in [0.05, 0.1) is 6.20 Å². The zero-order valence-electron chi connectivity index (χ0n) is 13.3. The van der Waals surface area contributed by atoms with E-state index in [1.54, 1.807) is 13.2 Å². The molecule has 8 heteroatoms. The Kier molecular flexibility index (Phi) is 4.47. The van der Waals surface area contributed by atoms with Gasteiger partial charge in [0, 0.05) is 38.2 Å². The molecule has 7 nitrogen and oxygen atoms in total. The van der Waals surface area contributed by atoms with Gasteiger partial charge in [0.2, 0.25) is 10.0 Å². The third-order valence-electron chi connectivity index (χ3n) is 4.33. The van der Waals surface area contributed by atoms with Gasteiger partial charge in [0.15, 0.2) is 0 Å². The maximum atomic E-state index is 12.3. The molecule has 0 unspecified atom stereocenters. The van der Waals surface area contributed by atoms with Gasteiger partial charge in [-0.1, -0.05) is 6.07 Å². The average Bonchev–Trinajstić information content (AvgIpc) is 3.13. The van der Waals surface area contributed by atoms with Crippen LogP contribution in [0.3, 0.4) is 0 Å². The van der Waals surface area contributed by atoms with Crippen LogP contribution in [0.15, 0.2) is 41.8 Å². The van der Waals surface area contributed by atoms with Gasteiger partial charge in [-0.3, -0.25) is 14.6 Å². The first-order valence-electron chi connectivity index (χ1n) is 7.56. The number of aryl methyl sites for hydroxylation is 1. The predicted molar refractivity (Wildman–Crippen MR) is 86.1 cm³/mol. The van der Waals surface area contributed by atoms with Gasteiger partial charge >= 0.3 is 0 Å². The Bertz CT molecular complexity index is 759. The van der Waals surface area contributed by atoms with Crippen LogP contribution in [0, 0.1) is 5.92 Å². The summed E-state index contributed by atoms with van der Waals surface area (Å²) in [7, 11) is 0.243. The van der Waals surface area contributed by atoms with E-state index in [-0.39, 0.29) is 16.9 Å². The van der Waals surface area contributed by atoms with E-state index in [4.69, 9.17) is 0 Å². The summed E-state index contributed by atoms with van der Waals surface area (Å²) in [6.45, 7) is 1.35. The lowest BCUT2D eigenvalue weighted by atomic mass is 9.95. The van der Waals surface area contributed by atoms with E-state index in [2.05, 4.69) is 26.8 Å². The van der Waals surface area contributed by atoms with Crippen molar-refractivity contribution in [1.29, 1.82) is 0 Å². The largest absolute Gasteiger partial charge is 0.299 e. The molecule has 3 heterocycles. The van der Waals surface area contributed by atoms with Gasteiger partial charge in [-0.05, 0) is 37.6 Å². The van der Waals surface area contributed by atoms with Crippen LogP contribution in [0.2, 0.25) is 0 Å². The summed E-state index contributed by atoms with van der Waals surface area (Å²) >= 11 is 0. The summed E-state index contributed by atoms with van der Waals surface area (Å²) in [5.41, 5.74) is 1.12. The number of likely N-dealkylation sites (tertiary alicyclic amines) is 1. The van der Waals surface area contributed by atoms with Gasteiger partial charge in [-0.15, -0.1) is 0 Å². The quantitative estimate of drug-likeness (QED) is 0.874. The highest BCUT2D eigenvalue weighted by Gasteiger charge is 2.34. The van der Waals surface area contributed by atoms with Crippen molar-refractivity contribution in [3.8, 4) is 0 Å². The fourth-order valence-corrected chi connectivity index (χ4v) is 4.23. The Hall–Kier alpha value is -1.77. The van der Waals surface area contributed by atoms with Crippen molar-refractivity contribution in [3.63, 3.8) is 0 Å². The molecule has 1 fully saturated rings. The van der Waals surface area contributed by atoms with Gasteiger partial charge in [0.1, 0.15) is 4.90 Å². The summed E-state index contributed by atoms with van der Waals surface area (Å²) in [4.78, 5) is 6.63. The highest BCUT2D eigenvalue weighted by Crippen LogP contribution is 2.35. The normalized spacial score (nSPS) is 22.5. The summed E-state index contributed by atoms with van der Waals surface area (Å²) in [5, 5.41) is 3.92. The van der Waals surface area contributed by atoms with Crippen LogP contribution in [0.4, 0.5) is 0 Å². The van der Waals surface area contributed by atoms with Crippen molar-refractivity contribution in [2.75, 3.05) is 20.1 Å². The first-order valence-corrected chi connectivity index (χ1v) is 9.04. The minimum absolute atomic E-state index is 0.181. The number of nitrogens with zero attached hydrogens (tertiary/aromatic N) is 4. The lowest BCUT2D eigenvalue weighted by Gasteiger charge is -2.25. The zero-order chi connectivity index (χ0) is 16.4. The fraction of sp³-hybridized carbons (Fsp3) is 0.467. The lowest BCUT2D eigenvalue weighted by molar-refractivity contribution is 0.276. The SMILES string of the molecule is CN1CC[C@@H](CNS(=O)(=O)c2cnn(C)c2)[C@@H]1c1cccnc1. The maximum absolute atomic E-state index is 12.3. The fourth-order valence-electron chi connectivity index (χ4n) is 3.16. The third-order valence-corrected chi connectivity index (χ3v) is 5.71. The topological polar surface area (TPSA) is 80.1 Å². The number of rotatable bonds is 5. The van der Waals surface area contributed by atoms with E-state index < -0.39 is 10.0 Å². The number of aromatic nitrogens is 3. The highest BCUT2D eigenvalue weighted by atomic mass is 32.2. The Morgan fingerprint density at radius 3 is 2.83 bits per heavy atom. The molecule has 0 saturated carbocycles. The molecule has 0 radical (unpaired) electrons. The van der Waals surface area contributed by atoms with Gasteiger partial charge < -0.3 is 0 Å². The van der Waals surface area contributed by atoms with Crippen LogP contribution in [-0.2, 0) is 17.1 Å². The van der Waals surface area contributed by atoms with Crippen molar-refractivity contribution >= 4 is 10.0 Å². The summed E-state index contributed by atoms with van der Waals surface area (Å²) in [6, 6.07) is 4.14. The molecule has 2 aromatic rings. The van der Waals surface area contributed by atoms with E-state index in [0.29, 0.717) is 6.54 Å². The van der Waals surface area contributed by atoms with Gasteiger partial charge in [0.25, 0.3) is 0 Å². The smallest absolute Gasteiger partial charge is 0.243 e. The van der Waals surface area contributed by atoms with E-state index in [9.17, 15) is 8.42 Å². The molecule has 0 bridgehead atoms. The minimum atomic E-state index is -3.52. The first-order chi connectivity index (χ1) is 11.0. The Balaban J connectivity index is 1.72. The van der Waals surface area contributed by atoms with Crippen molar-refractivity contribution in [3.05, 3.63) is 42.5 Å². The summed E-state index contributed by atoms with van der Waals surface area (Å²) < 4.78 is 28.9. The third kappa shape index (κ3) is 3.44. The van der Waals surface area contributed by atoms with Crippen molar-refractivity contribution in [2.24, 2.45) is 13.0 Å². The van der Waals surface area contributed by atoms with E-state index in [1.807, 2.05) is 18.3 Å². The highest BCUT2D eigenvalue weighted by molar-refractivity contribution is 7.89. The molecule has 124 valence electrons. The summed E-state index contributed by atoms with van der Waals surface area (Å²) in [6.07, 6.45) is 7.42. The van der Waals surface area contributed by atoms with Crippen molar-refractivity contribution in [2.45, 2.75) is 17.4 Å². The number of pyridine rings is 1. The second kappa shape index (κ2) is 6.38. The Morgan fingerprint density at radius 1 is 1.35 bits per heavy atom. The molecule has 0 amide bonds. The van der Waals surface area contributed by atoms with Crippen LogP contribution >= 0.6 is 0 Å². The molecule has 0 aliphatic carbocycles. The molecule has 0 spiro atoms. The molecule has 2 atom stereocenters. The molecule has 3 rings (SSSR count). The predicted octanol–water partition coefficient (Wildman–Crippen LogP) is 0.786. The molecule has 2 aromatic heterocycles. The average molecular weight is 335 g/mol. The molecule has 1 aliphatic rings. The molecular weight excluding hydrogens is 314 g/mol. The summed E-state index contributed by atoms with van der Waals surface area (Å²) in [5.74, 6) is 0.218. The Labute approximate surface area is 136 Å². The van der Waals surface area contributed by atoms with Crippen molar-refractivity contribution < 1.29 is 8.42 Å². The van der Waals surface area contributed by atoms with Gasteiger partial charge in [-0.2, -0.15) is 5.10 Å². The van der Waals surface area contributed by atoms with Crippen LogP contribution in [0.1, 0.15) is 18.0 Å². The number of hydrogen-bond donors (Lipinski definition) is 1. The molecular formula is C15H21N5O2S. The van der Waals surface area contributed by atoms with E-state index in [1.165, 1.54) is 17.1 Å². The lowest BCUT2D eigenvalue weighted by Crippen LogP contribution is -2.32. The second-order valence-corrected chi connectivity index (χ2v) is 7.73. The standard InChI is InChI=1S/C15H21N5O2S/c1-19-7-5-13(15(19)12-4-3-6-16-8-12)9-18-23(21,22)14-10-17-20(2)11-14/h3-4,6,8,10-11,13,15,18H,5,7,9H2,1-2H3/t13-,15-/m0/s1. The zero-order valence-corrected chi connectivity index (χ0v) is 14.1. The van der Waals surface area contributed by atoms with E-state index >= 15 is 0 Å². The Morgan fingerprint density at radius 2 is 2.17 bits per heavy atom. The van der Waals surface area contributed by atoms with Crippen LogP contribution in [-0.4, -0.2) is 48.2 Å². The number of nitrogens with one attached hydrogen (secondary N) is 1. The molecule has 1 saturated heterocycles. The first kappa shape index (κ1) is 16.1. The second-order valence-electron chi connectivity index (χ2n) is 5.96. The minimum Gasteiger partial charge on any atom is -0.299 e. The molecule has 1 N–H and O–H groups in total.